The molecular formula is C7H12NNaS2. The summed E-state index contributed by atoms with van der Waals surface area (Å²) < 4.78 is 0.645. The Kier molecular flexibility index (Phi) is 6.28. The van der Waals surface area contributed by atoms with Crippen LogP contribution in [0.15, 0.2) is 0 Å². The van der Waals surface area contributed by atoms with Crippen molar-refractivity contribution < 1.29 is 29.6 Å². The molecule has 0 unspecified atom stereocenters. The molecule has 1 saturated heterocycles. The molecule has 0 aliphatic carbocycles. The van der Waals surface area contributed by atoms with E-state index in [1.807, 2.05) is 0 Å². The maximum absolute atomic E-state index is 4.89. The van der Waals surface area contributed by atoms with Crippen LogP contribution in [-0.4, -0.2) is 22.3 Å². The monoisotopic (exact) mass is 197 g/mol. The number of likely N-dealkylation sites (tertiary alicyclic amines) is 1. The van der Waals surface area contributed by atoms with Crippen molar-refractivity contribution in [1.82, 2.24) is 4.90 Å². The summed E-state index contributed by atoms with van der Waals surface area (Å²) in [5, 5.41) is 0. The van der Waals surface area contributed by atoms with Crippen molar-refractivity contribution in [2.24, 2.45) is 5.92 Å². The maximum Gasteiger partial charge on any atom is 1.00 e. The number of hydrogen-bond acceptors (Lipinski definition) is 2. The van der Waals surface area contributed by atoms with Gasteiger partial charge in [0.15, 0.2) is 0 Å². The normalized spacial score (nSPS) is 19.2. The van der Waals surface area contributed by atoms with Gasteiger partial charge in [-0.05, 0) is 18.8 Å². The Morgan fingerprint density at radius 1 is 1.45 bits per heavy atom. The van der Waals surface area contributed by atoms with Crippen LogP contribution in [0.3, 0.4) is 0 Å². The van der Waals surface area contributed by atoms with E-state index in [0.29, 0.717) is 4.32 Å². The third kappa shape index (κ3) is 4.04. The summed E-state index contributed by atoms with van der Waals surface area (Å²) in [6, 6.07) is 0. The van der Waals surface area contributed by atoms with Gasteiger partial charge in [-0.25, -0.2) is 0 Å². The SMILES string of the molecule is CC1CCN(C(=S)[S-])CC1.[Na+]. The van der Waals surface area contributed by atoms with Gasteiger partial charge in [-0.2, -0.15) is 0 Å². The second kappa shape index (κ2) is 5.70. The Bertz CT molecular complexity index is 132. The van der Waals surface area contributed by atoms with Crippen LogP contribution in [0.2, 0.25) is 0 Å². The Morgan fingerprint density at radius 2 is 1.91 bits per heavy atom. The summed E-state index contributed by atoms with van der Waals surface area (Å²) in [7, 11) is 0. The minimum Gasteiger partial charge on any atom is -0.411 e. The van der Waals surface area contributed by atoms with Crippen molar-refractivity contribution in [3.63, 3.8) is 0 Å². The minimum atomic E-state index is 0. The van der Waals surface area contributed by atoms with Gasteiger partial charge in [-0.3, -0.25) is 0 Å². The number of hydrogen-bond donors (Lipinski definition) is 0. The number of thiocarbonyl (C=S) groups is 1. The third-order valence-corrected chi connectivity index (χ3v) is 2.56. The van der Waals surface area contributed by atoms with E-state index < -0.39 is 0 Å². The summed E-state index contributed by atoms with van der Waals surface area (Å²) in [5.41, 5.74) is 0. The van der Waals surface area contributed by atoms with E-state index >= 15 is 0 Å². The van der Waals surface area contributed by atoms with Gasteiger partial charge < -0.3 is 29.7 Å². The topological polar surface area (TPSA) is 3.24 Å². The molecule has 0 spiro atoms. The molecule has 1 nitrogen and oxygen atoms in total. The number of rotatable bonds is 0. The van der Waals surface area contributed by atoms with Crippen LogP contribution in [0.4, 0.5) is 0 Å². The van der Waals surface area contributed by atoms with Gasteiger partial charge >= 0.3 is 29.6 Å². The molecule has 0 saturated carbocycles. The molecule has 0 aromatic rings. The first-order valence-electron chi connectivity index (χ1n) is 3.66. The van der Waals surface area contributed by atoms with Gasteiger partial charge in [0.05, 0.1) is 0 Å². The molecule has 0 radical (unpaired) electrons. The van der Waals surface area contributed by atoms with Crippen LogP contribution in [0.1, 0.15) is 19.8 Å². The fourth-order valence-electron chi connectivity index (χ4n) is 1.19. The Balaban J connectivity index is 0.000001000. The van der Waals surface area contributed by atoms with Crippen LogP contribution in [0, 0.1) is 5.92 Å². The molecule has 0 atom stereocenters. The van der Waals surface area contributed by atoms with Crippen LogP contribution in [0.25, 0.3) is 0 Å². The van der Waals surface area contributed by atoms with Crippen LogP contribution in [0.5, 0.6) is 0 Å². The van der Waals surface area contributed by atoms with Gasteiger partial charge in [-0.1, -0.05) is 11.2 Å². The van der Waals surface area contributed by atoms with E-state index in [1.165, 1.54) is 12.8 Å². The van der Waals surface area contributed by atoms with E-state index in [1.54, 1.807) is 0 Å². The van der Waals surface area contributed by atoms with Crippen molar-refractivity contribution in [1.29, 1.82) is 0 Å². The zero-order chi connectivity index (χ0) is 7.56. The summed E-state index contributed by atoms with van der Waals surface area (Å²) in [6.45, 7) is 4.43. The van der Waals surface area contributed by atoms with E-state index in [9.17, 15) is 0 Å². The molecule has 1 heterocycles. The molecule has 58 valence electrons. The van der Waals surface area contributed by atoms with Gasteiger partial charge in [0.2, 0.25) is 0 Å². The second-order valence-electron chi connectivity index (χ2n) is 2.94. The number of nitrogens with zero attached hydrogens (tertiary/aromatic N) is 1. The summed E-state index contributed by atoms with van der Waals surface area (Å²) in [6.07, 6.45) is 2.49. The molecule has 0 bridgehead atoms. The van der Waals surface area contributed by atoms with Crippen LogP contribution < -0.4 is 29.6 Å². The molecule has 4 heteroatoms. The van der Waals surface area contributed by atoms with E-state index in [0.717, 1.165) is 19.0 Å². The molecular weight excluding hydrogens is 185 g/mol. The van der Waals surface area contributed by atoms with E-state index in [2.05, 4.69) is 11.8 Å². The first-order valence-corrected chi connectivity index (χ1v) is 4.47. The third-order valence-electron chi connectivity index (χ3n) is 2.04. The molecule has 1 aliphatic rings. The first-order chi connectivity index (χ1) is 4.70. The summed E-state index contributed by atoms with van der Waals surface area (Å²) in [5.74, 6) is 0.862. The number of piperidine rings is 1. The maximum atomic E-state index is 4.89. The Labute approximate surface area is 102 Å². The van der Waals surface area contributed by atoms with E-state index in [-0.39, 0.29) is 29.6 Å². The molecule has 0 aromatic heterocycles. The average molecular weight is 197 g/mol. The van der Waals surface area contributed by atoms with Crippen LogP contribution in [-0.2, 0) is 12.6 Å². The van der Waals surface area contributed by atoms with Gasteiger partial charge in [0.1, 0.15) is 0 Å². The van der Waals surface area contributed by atoms with Crippen molar-refractivity contribution in [2.75, 3.05) is 13.1 Å². The predicted octanol–water partition coefficient (Wildman–Crippen LogP) is -1.45. The van der Waals surface area contributed by atoms with E-state index in [4.69, 9.17) is 24.8 Å². The molecule has 0 N–H and O–H groups in total. The van der Waals surface area contributed by atoms with Gasteiger partial charge in [-0.15, -0.1) is 0 Å². The Morgan fingerprint density at radius 3 is 2.27 bits per heavy atom. The van der Waals surface area contributed by atoms with Gasteiger partial charge in [0, 0.05) is 13.1 Å². The largest absolute Gasteiger partial charge is 1.00 e. The zero-order valence-electron chi connectivity index (χ0n) is 7.17. The standard InChI is InChI=1S/C7H13NS2.Na/c1-6-2-4-8(5-3-6)7(9)10;/h6H,2-5H2,1H3,(H,9,10);/q;+1/p-1. The molecule has 0 aromatic carbocycles. The van der Waals surface area contributed by atoms with Crippen molar-refractivity contribution in [3.05, 3.63) is 0 Å². The summed E-state index contributed by atoms with van der Waals surface area (Å²) in [4.78, 5) is 2.12. The molecule has 1 aliphatic heterocycles. The minimum absolute atomic E-state index is 0. The molecule has 11 heavy (non-hydrogen) atoms. The average Bonchev–Trinajstić information content (AvgIpc) is 1.88. The molecule has 1 fully saturated rings. The fourth-order valence-corrected chi connectivity index (χ4v) is 1.56. The van der Waals surface area contributed by atoms with Crippen LogP contribution >= 0.6 is 12.2 Å². The van der Waals surface area contributed by atoms with Gasteiger partial charge in [0.25, 0.3) is 0 Å². The fraction of sp³-hybridized carbons (Fsp3) is 0.857. The summed E-state index contributed by atoms with van der Waals surface area (Å²) >= 11 is 9.79. The quantitative estimate of drug-likeness (QED) is 0.266. The first kappa shape index (κ1) is 12.1. The van der Waals surface area contributed by atoms with Crippen molar-refractivity contribution in [2.45, 2.75) is 19.8 Å². The Hall–Kier alpha value is 1.11. The molecule has 0 amide bonds. The predicted molar refractivity (Wildman–Crippen MR) is 49.9 cm³/mol. The molecule has 1 rings (SSSR count). The van der Waals surface area contributed by atoms with Crippen molar-refractivity contribution >= 4 is 29.2 Å². The smallest absolute Gasteiger partial charge is 0.411 e. The van der Waals surface area contributed by atoms with Crippen molar-refractivity contribution in [3.8, 4) is 0 Å². The zero-order valence-corrected chi connectivity index (χ0v) is 10.8. The second-order valence-corrected chi connectivity index (χ2v) is 3.97.